The first-order valence-electron chi connectivity index (χ1n) is 9.93. The number of anilines is 1. The summed E-state index contributed by atoms with van der Waals surface area (Å²) in [4.78, 5) is 21.4. The second-order valence-electron chi connectivity index (χ2n) is 8.83. The molecule has 2 heterocycles. The van der Waals surface area contributed by atoms with Gasteiger partial charge in [0.15, 0.2) is 0 Å². The van der Waals surface area contributed by atoms with Gasteiger partial charge in [0.2, 0.25) is 0 Å². The minimum Gasteiger partial charge on any atom is -0.478 e. The van der Waals surface area contributed by atoms with Crippen molar-refractivity contribution in [2.24, 2.45) is 17.2 Å². The lowest BCUT2D eigenvalue weighted by Crippen LogP contribution is -2.22. The number of carboxylic acids is 1. The smallest absolute Gasteiger partial charge is 0.337 e. The molecule has 150 valence electrons. The fourth-order valence-corrected chi connectivity index (χ4v) is 5.83. The summed E-state index contributed by atoms with van der Waals surface area (Å²) in [7, 11) is 0. The van der Waals surface area contributed by atoms with Crippen molar-refractivity contribution in [1.82, 2.24) is 0 Å². The molecule has 1 aliphatic heterocycles. The Hall–Kier alpha value is -1.89. The summed E-state index contributed by atoms with van der Waals surface area (Å²) in [5, 5.41) is 9.93. The number of benzene rings is 1. The molecule has 1 aromatic carbocycles. The van der Waals surface area contributed by atoms with Crippen LogP contribution in [0.5, 0.6) is 0 Å². The van der Waals surface area contributed by atoms with Crippen molar-refractivity contribution < 1.29 is 14.7 Å². The monoisotopic (exact) mass is 400 g/mol. The molecule has 0 amide bonds. The van der Waals surface area contributed by atoms with Gasteiger partial charge in [0.25, 0.3) is 0 Å². The number of carboxylic acid groups (broad SMARTS) is 1. The molecule has 1 aliphatic carbocycles. The molecule has 3 N–H and O–H groups in total. The predicted molar refractivity (Wildman–Crippen MR) is 113 cm³/mol. The Kier molecular flexibility index (Phi) is 5.21. The van der Waals surface area contributed by atoms with Crippen molar-refractivity contribution in [3.05, 3.63) is 40.3 Å². The molecule has 6 heteroatoms. The van der Waals surface area contributed by atoms with E-state index in [1.165, 1.54) is 10.6 Å². The highest BCUT2D eigenvalue weighted by molar-refractivity contribution is 7.16. The van der Waals surface area contributed by atoms with Crippen molar-refractivity contribution in [2.45, 2.75) is 39.5 Å². The topological polar surface area (TPSA) is 75.8 Å². The summed E-state index contributed by atoms with van der Waals surface area (Å²) in [5.74, 6) is 4.87. The first-order valence-corrected chi connectivity index (χ1v) is 10.7. The molecule has 1 atom stereocenters. The van der Waals surface area contributed by atoms with Gasteiger partial charge >= 0.3 is 5.97 Å². The number of nitrogens with two attached hydrogens (primary N) is 1. The summed E-state index contributed by atoms with van der Waals surface area (Å²) >= 11 is 1.66. The normalized spacial score (nSPS) is 21.0. The van der Waals surface area contributed by atoms with Crippen LogP contribution in [0.15, 0.2) is 24.3 Å². The van der Waals surface area contributed by atoms with Gasteiger partial charge in [-0.15, -0.1) is 11.3 Å². The van der Waals surface area contributed by atoms with E-state index in [1.54, 1.807) is 11.3 Å². The molecule has 2 aliphatic rings. The van der Waals surface area contributed by atoms with Crippen LogP contribution in [0.25, 0.3) is 10.4 Å². The third-order valence-electron chi connectivity index (χ3n) is 6.10. The number of nitrogens with zero attached hydrogens (tertiary/aromatic N) is 1. The first-order chi connectivity index (χ1) is 13.4. The Morgan fingerprint density at radius 1 is 1.36 bits per heavy atom. The maximum Gasteiger partial charge on any atom is 0.337 e. The second-order valence-corrected chi connectivity index (χ2v) is 9.94. The molecule has 0 bridgehead atoms. The number of hydrogen-bond acceptors (Lipinski definition) is 5. The Morgan fingerprint density at radius 3 is 2.79 bits per heavy atom. The quantitative estimate of drug-likeness (QED) is 0.730. The molecule has 1 fully saturated rings. The van der Waals surface area contributed by atoms with Crippen molar-refractivity contribution in [3.63, 3.8) is 0 Å². The van der Waals surface area contributed by atoms with Crippen LogP contribution in [0, 0.1) is 11.3 Å². The third kappa shape index (κ3) is 3.69. The number of carbonyl (C=O) groups is 1. The average molecular weight is 401 g/mol. The van der Waals surface area contributed by atoms with E-state index in [9.17, 15) is 9.90 Å². The van der Waals surface area contributed by atoms with E-state index in [4.69, 9.17) is 10.7 Å². The first kappa shape index (κ1) is 19.4. The van der Waals surface area contributed by atoms with Crippen LogP contribution < -0.4 is 10.8 Å². The van der Waals surface area contributed by atoms with E-state index in [-0.39, 0.29) is 5.41 Å². The highest BCUT2D eigenvalue weighted by Crippen LogP contribution is 2.45. The van der Waals surface area contributed by atoms with E-state index in [2.05, 4.69) is 43.0 Å². The zero-order valence-corrected chi connectivity index (χ0v) is 17.3. The average Bonchev–Trinajstić information content (AvgIpc) is 3.25. The molecular weight excluding hydrogens is 372 g/mol. The van der Waals surface area contributed by atoms with Crippen molar-refractivity contribution in [2.75, 3.05) is 24.6 Å². The SMILES string of the molecule is CC1(C)CCc2sc(-c3ccc(N4CC[C@H](CON)C4)cc3)c(C(=O)O)c2C1. The highest BCUT2D eigenvalue weighted by Gasteiger charge is 2.33. The molecule has 0 saturated carbocycles. The Bertz CT molecular complexity index is 873. The van der Waals surface area contributed by atoms with E-state index in [0.717, 1.165) is 54.8 Å². The summed E-state index contributed by atoms with van der Waals surface area (Å²) in [6.45, 7) is 6.99. The van der Waals surface area contributed by atoms with Crippen LogP contribution >= 0.6 is 11.3 Å². The summed E-state index contributed by atoms with van der Waals surface area (Å²) in [5.41, 5.74) is 3.90. The lowest BCUT2D eigenvalue weighted by atomic mass is 9.76. The maximum atomic E-state index is 12.1. The van der Waals surface area contributed by atoms with Gasteiger partial charge in [-0.05, 0) is 54.4 Å². The molecule has 1 saturated heterocycles. The maximum absolute atomic E-state index is 12.1. The fraction of sp³-hybridized carbons (Fsp3) is 0.500. The number of thiophene rings is 1. The van der Waals surface area contributed by atoms with Crippen molar-refractivity contribution in [1.29, 1.82) is 0 Å². The molecule has 4 rings (SSSR count). The van der Waals surface area contributed by atoms with Gasteiger partial charge < -0.3 is 14.8 Å². The summed E-state index contributed by atoms with van der Waals surface area (Å²) in [6.07, 6.45) is 4.01. The van der Waals surface area contributed by atoms with E-state index in [0.29, 0.717) is 18.1 Å². The van der Waals surface area contributed by atoms with Gasteiger partial charge in [-0.2, -0.15) is 0 Å². The minimum atomic E-state index is -0.807. The van der Waals surface area contributed by atoms with Gasteiger partial charge in [0.1, 0.15) is 0 Å². The van der Waals surface area contributed by atoms with Gasteiger partial charge in [-0.1, -0.05) is 26.0 Å². The second kappa shape index (κ2) is 7.50. The highest BCUT2D eigenvalue weighted by atomic mass is 32.1. The lowest BCUT2D eigenvalue weighted by Gasteiger charge is -2.29. The number of hydrogen-bond donors (Lipinski definition) is 2. The molecule has 0 radical (unpaired) electrons. The zero-order chi connectivity index (χ0) is 19.9. The van der Waals surface area contributed by atoms with Crippen LogP contribution in [0.1, 0.15) is 47.5 Å². The molecule has 2 aromatic rings. The van der Waals surface area contributed by atoms with Gasteiger partial charge in [0.05, 0.1) is 12.2 Å². The molecule has 0 unspecified atom stereocenters. The minimum absolute atomic E-state index is 0.166. The van der Waals surface area contributed by atoms with Gasteiger partial charge in [0, 0.05) is 34.4 Å². The lowest BCUT2D eigenvalue weighted by molar-refractivity contribution is 0.0696. The number of rotatable bonds is 5. The molecule has 5 nitrogen and oxygen atoms in total. The van der Waals surface area contributed by atoms with E-state index >= 15 is 0 Å². The summed E-state index contributed by atoms with van der Waals surface area (Å²) in [6, 6.07) is 8.35. The van der Waals surface area contributed by atoms with Crippen LogP contribution in [-0.4, -0.2) is 30.8 Å². The third-order valence-corrected chi connectivity index (χ3v) is 7.44. The molecular formula is C22H28N2O3S. The number of aryl methyl sites for hydroxylation is 1. The van der Waals surface area contributed by atoms with E-state index < -0.39 is 5.97 Å². The standard InChI is InChI=1S/C22H28N2O3S/c1-22(2)9-7-18-17(11-22)19(21(25)26)20(28-18)15-3-5-16(6-4-15)24-10-8-14(12-24)13-27-23/h3-6,14H,7-13,23H2,1-2H3,(H,25,26)/t14-/m0/s1. The fourth-order valence-electron chi connectivity index (χ4n) is 4.51. The van der Waals surface area contributed by atoms with Crippen LogP contribution in [0.3, 0.4) is 0 Å². The molecule has 1 aromatic heterocycles. The van der Waals surface area contributed by atoms with Crippen LogP contribution in [0.2, 0.25) is 0 Å². The molecule has 28 heavy (non-hydrogen) atoms. The van der Waals surface area contributed by atoms with Gasteiger partial charge in [-0.3, -0.25) is 0 Å². The summed E-state index contributed by atoms with van der Waals surface area (Å²) < 4.78 is 0. The largest absolute Gasteiger partial charge is 0.478 e. The van der Waals surface area contributed by atoms with Crippen molar-refractivity contribution >= 4 is 23.0 Å². The number of aromatic carboxylic acids is 1. The Balaban J connectivity index is 1.62. The molecule has 0 spiro atoms. The Morgan fingerprint density at radius 2 is 2.11 bits per heavy atom. The number of fused-ring (bicyclic) bond motifs is 1. The van der Waals surface area contributed by atoms with Crippen molar-refractivity contribution in [3.8, 4) is 10.4 Å². The zero-order valence-electron chi connectivity index (χ0n) is 16.5. The van der Waals surface area contributed by atoms with E-state index in [1.807, 2.05) is 0 Å². The predicted octanol–water partition coefficient (Wildman–Crippen LogP) is 4.34. The van der Waals surface area contributed by atoms with Crippen LogP contribution in [0.4, 0.5) is 5.69 Å². The Labute approximate surface area is 170 Å². The van der Waals surface area contributed by atoms with Crippen LogP contribution in [-0.2, 0) is 17.7 Å². The van der Waals surface area contributed by atoms with Gasteiger partial charge in [-0.25, -0.2) is 10.7 Å².